The molecule has 0 aliphatic rings. The molecule has 2 amide bonds. The molecule has 0 aromatic heterocycles. The summed E-state index contributed by atoms with van der Waals surface area (Å²) < 4.78 is 5.10. The minimum atomic E-state index is -0.850. The van der Waals surface area contributed by atoms with Gasteiger partial charge in [-0.3, -0.25) is 9.59 Å². The summed E-state index contributed by atoms with van der Waals surface area (Å²) in [5.74, 6) is -0.438. The van der Waals surface area contributed by atoms with Crippen molar-refractivity contribution in [3.8, 4) is 0 Å². The average Bonchev–Trinajstić information content (AvgIpc) is 2.26. The standard InChI is InChI=1S/C11H22N2O3/c1-8(9(14)12-4)7-13(5)10(15)11(2,3)16-6/h8H,7H2,1-6H3,(H,12,14). The fraction of sp³-hybridized carbons (Fsp3) is 0.818. The van der Waals surface area contributed by atoms with Gasteiger partial charge < -0.3 is 15.0 Å². The van der Waals surface area contributed by atoms with Gasteiger partial charge in [-0.15, -0.1) is 0 Å². The molecule has 16 heavy (non-hydrogen) atoms. The van der Waals surface area contributed by atoms with E-state index < -0.39 is 5.60 Å². The minimum Gasteiger partial charge on any atom is -0.369 e. The Labute approximate surface area is 97.1 Å². The van der Waals surface area contributed by atoms with Crippen LogP contribution in [0.5, 0.6) is 0 Å². The summed E-state index contributed by atoms with van der Waals surface area (Å²) in [5.41, 5.74) is -0.850. The Kier molecular flexibility index (Phi) is 5.44. The lowest BCUT2D eigenvalue weighted by atomic mass is 10.1. The van der Waals surface area contributed by atoms with Crippen molar-refractivity contribution in [2.45, 2.75) is 26.4 Å². The number of carbonyl (C=O) groups is 2. The second-order valence-corrected chi connectivity index (χ2v) is 4.42. The third-order valence-corrected chi connectivity index (χ3v) is 2.61. The molecule has 0 rings (SSSR count). The number of nitrogens with one attached hydrogen (secondary N) is 1. The predicted molar refractivity (Wildman–Crippen MR) is 62.0 cm³/mol. The quantitative estimate of drug-likeness (QED) is 0.736. The number of amides is 2. The first-order valence-corrected chi connectivity index (χ1v) is 5.28. The topological polar surface area (TPSA) is 58.6 Å². The van der Waals surface area contributed by atoms with Crippen molar-refractivity contribution in [3.63, 3.8) is 0 Å². The fourth-order valence-corrected chi connectivity index (χ4v) is 1.37. The van der Waals surface area contributed by atoms with E-state index in [4.69, 9.17) is 4.74 Å². The van der Waals surface area contributed by atoms with Gasteiger partial charge in [-0.2, -0.15) is 0 Å². The van der Waals surface area contributed by atoms with Crippen LogP contribution in [0.1, 0.15) is 20.8 Å². The lowest BCUT2D eigenvalue weighted by molar-refractivity contribution is -0.150. The van der Waals surface area contributed by atoms with Crippen molar-refractivity contribution < 1.29 is 14.3 Å². The molecule has 0 fully saturated rings. The van der Waals surface area contributed by atoms with Gasteiger partial charge in [0.15, 0.2) is 0 Å². The molecule has 0 radical (unpaired) electrons. The Bertz CT molecular complexity index is 264. The molecule has 5 nitrogen and oxygen atoms in total. The molecule has 0 saturated carbocycles. The highest BCUT2D eigenvalue weighted by Crippen LogP contribution is 2.12. The van der Waals surface area contributed by atoms with Gasteiger partial charge in [-0.25, -0.2) is 0 Å². The van der Waals surface area contributed by atoms with E-state index in [0.29, 0.717) is 6.54 Å². The minimum absolute atomic E-state index is 0.0742. The van der Waals surface area contributed by atoms with E-state index in [0.717, 1.165) is 0 Å². The Morgan fingerprint density at radius 1 is 1.44 bits per heavy atom. The SMILES string of the molecule is CNC(=O)C(C)CN(C)C(=O)C(C)(C)OC. The average molecular weight is 230 g/mol. The van der Waals surface area contributed by atoms with Gasteiger partial charge in [0, 0.05) is 27.7 Å². The lowest BCUT2D eigenvalue weighted by Crippen LogP contribution is -2.47. The van der Waals surface area contributed by atoms with Gasteiger partial charge in [-0.05, 0) is 13.8 Å². The van der Waals surface area contributed by atoms with E-state index in [1.807, 2.05) is 0 Å². The van der Waals surface area contributed by atoms with Crippen molar-refractivity contribution in [2.24, 2.45) is 5.92 Å². The number of methoxy groups -OCH3 is 1. The Hall–Kier alpha value is -1.10. The normalized spacial score (nSPS) is 13.1. The van der Waals surface area contributed by atoms with Gasteiger partial charge >= 0.3 is 0 Å². The van der Waals surface area contributed by atoms with Crippen LogP contribution in [-0.2, 0) is 14.3 Å². The molecule has 0 saturated heterocycles. The highest BCUT2D eigenvalue weighted by molar-refractivity contribution is 5.85. The zero-order chi connectivity index (χ0) is 12.9. The molecule has 0 spiro atoms. The molecule has 0 aromatic rings. The number of hydrogen-bond donors (Lipinski definition) is 1. The largest absolute Gasteiger partial charge is 0.369 e. The van der Waals surface area contributed by atoms with E-state index in [9.17, 15) is 9.59 Å². The van der Waals surface area contributed by atoms with Crippen LogP contribution in [-0.4, -0.2) is 50.1 Å². The van der Waals surface area contributed by atoms with Crippen molar-refractivity contribution in [3.05, 3.63) is 0 Å². The molecule has 1 unspecified atom stereocenters. The predicted octanol–water partition coefficient (Wildman–Crippen LogP) is 0.252. The van der Waals surface area contributed by atoms with E-state index >= 15 is 0 Å². The summed E-state index contributed by atoms with van der Waals surface area (Å²) in [6.07, 6.45) is 0. The summed E-state index contributed by atoms with van der Waals surface area (Å²) >= 11 is 0. The molecule has 5 heteroatoms. The number of ether oxygens (including phenoxy) is 1. The van der Waals surface area contributed by atoms with E-state index in [2.05, 4.69) is 5.32 Å². The van der Waals surface area contributed by atoms with Crippen LogP contribution in [0.2, 0.25) is 0 Å². The molecular formula is C11H22N2O3. The van der Waals surface area contributed by atoms with Gasteiger partial charge in [-0.1, -0.05) is 6.92 Å². The summed E-state index contributed by atoms with van der Waals surface area (Å²) in [6.45, 7) is 5.57. The molecule has 0 bridgehead atoms. The summed E-state index contributed by atoms with van der Waals surface area (Å²) in [5, 5.41) is 2.55. The zero-order valence-electron chi connectivity index (χ0n) is 11.0. The maximum atomic E-state index is 11.9. The molecular weight excluding hydrogens is 208 g/mol. The van der Waals surface area contributed by atoms with E-state index in [1.165, 1.54) is 12.0 Å². The molecule has 0 aliphatic heterocycles. The van der Waals surface area contributed by atoms with Crippen LogP contribution >= 0.6 is 0 Å². The second kappa shape index (κ2) is 5.84. The van der Waals surface area contributed by atoms with Crippen molar-refractivity contribution in [2.75, 3.05) is 27.7 Å². The number of rotatable bonds is 5. The van der Waals surface area contributed by atoms with Gasteiger partial charge in [0.2, 0.25) is 5.91 Å². The second-order valence-electron chi connectivity index (χ2n) is 4.42. The van der Waals surface area contributed by atoms with Crippen molar-refractivity contribution >= 4 is 11.8 Å². The van der Waals surface area contributed by atoms with Crippen LogP contribution in [0.4, 0.5) is 0 Å². The molecule has 0 aromatic carbocycles. The first-order valence-electron chi connectivity index (χ1n) is 5.28. The fourth-order valence-electron chi connectivity index (χ4n) is 1.37. The highest BCUT2D eigenvalue weighted by atomic mass is 16.5. The van der Waals surface area contributed by atoms with Gasteiger partial charge in [0.25, 0.3) is 5.91 Å². The molecule has 0 aliphatic carbocycles. The highest BCUT2D eigenvalue weighted by Gasteiger charge is 2.31. The number of likely N-dealkylation sites (N-methyl/N-ethyl adjacent to an activating group) is 1. The number of carbonyl (C=O) groups excluding carboxylic acids is 2. The van der Waals surface area contributed by atoms with E-state index in [-0.39, 0.29) is 17.7 Å². The monoisotopic (exact) mass is 230 g/mol. The van der Waals surface area contributed by atoms with Crippen LogP contribution in [0.3, 0.4) is 0 Å². The lowest BCUT2D eigenvalue weighted by Gasteiger charge is -2.29. The summed E-state index contributed by atoms with van der Waals surface area (Å²) in [7, 11) is 4.75. The maximum absolute atomic E-state index is 11.9. The Morgan fingerprint density at radius 2 is 1.94 bits per heavy atom. The molecule has 94 valence electrons. The van der Waals surface area contributed by atoms with Gasteiger partial charge in [0.05, 0.1) is 5.92 Å². The Balaban J connectivity index is 4.42. The third kappa shape index (κ3) is 3.81. The van der Waals surface area contributed by atoms with Crippen LogP contribution in [0, 0.1) is 5.92 Å². The van der Waals surface area contributed by atoms with Crippen LogP contribution in [0.25, 0.3) is 0 Å². The molecule has 0 heterocycles. The smallest absolute Gasteiger partial charge is 0.253 e. The van der Waals surface area contributed by atoms with Crippen molar-refractivity contribution in [1.29, 1.82) is 0 Å². The van der Waals surface area contributed by atoms with Crippen LogP contribution in [0.15, 0.2) is 0 Å². The third-order valence-electron chi connectivity index (χ3n) is 2.61. The molecule has 1 N–H and O–H groups in total. The maximum Gasteiger partial charge on any atom is 0.253 e. The molecule has 1 atom stereocenters. The van der Waals surface area contributed by atoms with Crippen molar-refractivity contribution in [1.82, 2.24) is 10.2 Å². The number of nitrogens with zero attached hydrogens (tertiary/aromatic N) is 1. The van der Waals surface area contributed by atoms with Crippen LogP contribution < -0.4 is 5.32 Å². The van der Waals surface area contributed by atoms with E-state index in [1.54, 1.807) is 34.9 Å². The first kappa shape index (κ1) is 14.9. The first-order chi connectivity index (χ1) is 7.26. The number of hydrogen-bond acceptors (Lipinski definition) is 3. The summed E-state index contributed by atoms with van der Waals surface area (Å²) in [4.78, 5) is 24.7. The summed E-state index contributed by atoms with van der Waals surface area (Å²) in [6, 6.07) is 0. The van der Waals surface area contributed by atoms with Gasteiger partial charge in [0.1, 0.15) is 5.60 Å². The Morgan fingerprint density at radius 3 is 2.31 bits per heavy atom. The zero-order valence-corrected chi connectivity index (χ0v) is 11.0.